The van der Waals surface area contributed by atoms with Crippen molar-refractivity contribution in [1.82, 2.24) is 0 Å². The van der Waals surface area contributed by atoms with Crippen LogP contribution in [0.5, 0.6) is 0 Å². The van der Waals surface area contributed by atoms with E-state index in [-0.39, 0.29) is 46.1 Å². The summed E-state index contributed by atoms with van der Waals surface area (Å²) in [5, 5.41) is 35.4. The maximum absolute atomic E-state index is 8.86. The molecule has 0 aliphatic carbocycles. The molecular formula is C24H56O4Ti. The van der Waals surface area contributed by atoms with Gasteiger partial charge in [-0.15, -0.1) is 0 Å². The summed E-state index contributed by atoms with van der Waals surface area (Å²) in [5.74, 6) is 0. The quantitative estimate of drug-likeness (QED) is 0.263. The zero-order chi connectivity index (χ0) is 22.8. The SMILES string of the molecule is CCCC(O)CC.CCCC(O)CC.CCCC(O)CC.CCCC(O)CC.[Ti]. The molecule has 0 heterocycles. The van der Waals surface area contributed by atoms with Gasteiger partial charge in [0.25, 0.3) is 0 Å². The maximum atomic E-state index is 8.86. The van der Waals surface area contributed by atoms with Crippen LogP contribution >= 0.6 is 0 Å². The van der Waals surface area contributed by atoms with Gasteiger partial charge >= 0.3 is 0 Å². The van der Waals surface area contributed by atoms with Gasteiger partial charge in [0.1, 0.15) is 0 Å². The molecule has 0 bridgehead atoms. The number of hydrogen-bond acceptors (Lipinski definition) is 4. The molecule has 0 amide bonds. The van der Waals surface area contributed by atoms with Crippen molar-refractivity contribution in [2.75, 3.05) is 0 Å². The molecule has 0 aromatic rings. The van der Waals surface area contributed by atoms with Crippen molar-refractivity contribution >= 4 is 0 Å². The summed E-state index contributed by atoms with van der Waals surface area (Å²) in [6.45, 7) is 16.3. The Balaban J connectivity index is -0.0000000873. The molecule has 0 aromatic heterocycles. The van der Waals surface area contributed by atoms with Crippen LogP contribution in [-0.2, 0) is 21.7 Å². The van der Waals surface area contributed by atoms with Crippen LogP contribution in [0.1, 0.15) is 132 Å². The second-order valence-corrected chi connectivity index (χ2v) is 7.40. The third-order valence-corrected chi connectivity index (χ3v) is 4.37. The number of rotatable bonds is 12. The molecule has 0 rings (SSSR count). The van der Waals surface area contributed by atoms with Crippen LogP contribution in [0.2, 0.25) is 0 Å². The Bertz CT molecular complexity index is 195. The molecular weight excluding hydrogens is 400 g/mol. The smallest absolute Gasteiger partial charge is 0.0537 e. The van der Waals surface area contributed by atoms with E-state index in [0.717, 1.165) is 77.0 Å². The van der Waals surface area contributed by atoms with Crippen LogP contribution in [-0.4, -0.2) is 44.8 Å². The minimum atomic E-state index is -0.0509. The summed E-state index contributed by atoms with van der Waals surface area (Å²) in [7, 11) is 0. The molecule has 0 saturated carbocycles. The van der Waals surface area contributed by atoms with Gasteiger partial charge in [-0.2, -0.15) is 0 Å². The minimum Gasteiger partial charge on any atom is -0.393 e. The van der Waals surface area contributed by atoms with Crippen LogP contribution in [0, 0.1) is 0 Å². The van der Waals surface area contributed by atoms with Crippen LogP contribution in [0.25, 0.3) is 0 Å². The minimum absolute atomic E-state index is 0. The Morgan fingerprint density at radius 1 is 0.379 bits per heavy atom. The summed E-state index contributed by atoms with van der Waals surface area (Å²) in [6.07, 6.45) is 11.6. The van der Waals surface area contributed by atoms with E-state index >= 15 is 0 Å². The average molecular weight is 457 g/mol. The van der Waals surface area contributed by atoms with Crippen LogP contribution in [0.15, 0.2) is 0 Å². The van der Waals surface area contributed by atoms with Crippen molar-refractivity contribution in [2.24, 2.45) is 0 Å². The number of aliphatic hydroxyl groups excluding tert-OH is 4. The fourth-order valence-corrected chi connectivity index (χ4v) is 2.15. The summed E-state index contributed by atoms with van der Waals surface area (Å²) in [4.78, 5) is 0. The Morgan fingerprint density at radius 2 is 0.517 bits per heavy atom. The molecule has 5 heteroatoms. The average Bonchev–Trinajstić information content (AvgIpc) is 2.70. The van der Waals surface area contributed by atoms with Crippen LogP contribution < -0.4 is 0 Å². The van der Waals surface area contributed by atoms with Crippen molar-refractivity contribution in [1.29, 1.82) is 0 Å². The summed E-state index contributed by atoms with van der Waals surface area (Å²) >= 11 is 0. The van der Waals surface area contributed by atoms with Gasteiger partial charge in [0, 0.05) is 21.7 Å². The van der Waals surface area contributed by atoms with E-state index in [1.807, 2.05) is 27.7 Å². The first-order valence-electron chi connectivity index (χ1n) is 12.0. The molecule has 0 fully saturated rings. The van der Waals surface area contributed by atoms with Gasteiger partial charge in [-0.25, -0.2) is 0 Å². The Morgan fingerprint density at radius 3 is 0.552 bits per heavy atom. The van der Waals surface area contributed by atoms with E-state index in [9.17, 15) is 0 Å². The normalized spacial score (nSPS) is 13.7. The second kappa shape index (κ2) is 36.0. The van der Waals surface area contributed by atoms with E-state index in [0.29, 0.717) is 0 Å². The predicted molar refractivity (Wildman–Crippen MR) is 125 cm³/mol. The second-order valence-electron chi connectivity index (χ2n) is 7.40. The molecule has 0 saturated heterocycles. The molecule has 0 aliphatic rings. The van der Waals surface area contributed by atoms with Crippen LogP contribution in [0.4, 0.5) is 0 Å². The monoisotopic (exact) mass is 456 g/mol. The third-order valence-electron chi connectivity index (χ3n) is 4.37. The predicted octanol–water partition coefficient (Wildman–Crippen LogP) is 6.23. The summed E-state index contributed by atoms with van der Waals surface area (Å²) < 4.78 is 0. The van der Waals surface area contributed by atoms with Crippen molar-refractivity contribution in [2.45, 2.75) is 157 Å². The van der Waals surface area contributed by atoms with Gasteiger partial charge in [0.05, 0.1) is 24.4 Å². The van der Waals surface area contributed by atoms with Gasteiger partial charge in [-0.05, 0) is 51.4 Å². The van der Waals surface area contributed by atoms with Crippen molar-refractivity contribution in [3.8, 4) is 0 Å². The first-order valence-corrected chi connectivity index (χ1v) is 12.0. The van der Waals surface area contributed by atoms with Gasteiger partial charge < -0.3 is 20.4 Å². The molecule has 4 unspecified atom stereocenters. The molecule has 4 nitrogen and oxygen atoms in total. The van der Waals surface area contributed by atoms with Crippen LogP contribution in [0.3, 0.4) is 0 Å². The Labute approximate surface area is 198 Å². The molecule has 0 radical (unpaired) electrons. The van der Waals surface area contributed by atoms with Crippen molar-refractivity contribution < 1.29 is 42.1 Å². The standard InChI is InChI=1S/4C6H14O.Ti/c4*1-3-5-6(7)4-2;/h4*6-7H,3-5H2,1-2H3;. The molecule has 180 valence electrons. The Kier molecular flexibility index (Phi) is 49.6. The van der Waals surface area contributed by atoms with Crippen molar-refractivity contribution in [3.05, 3.63) is 0 Å². The molecule has 0 aromatic carbocycles. The molecule has 4 N–H and O–H groups in total. The molecule has 29 heavy (non-hydrogen) atoms. The van der Waals surface area contributed by atoms with Gasteiger partial charge in [-0.1, -0.05) is 81.1 Å². The number of aliphatic hydroxyl groups is 4. The Hall–Kier alpha value is 0.554. The summed E-state index contributed by atoms with van der Waals surface area (Å²) in [6, 6.07) is 0. The first kappa shape index (κ1) is 40.0. The summed E-state index contributed by atoms with van der Waals surface area (Å²) in [5.41, 5.74) is 0. The zero-order valence-electron chi connectivity index (χ0n) is 21.1. The van der Waals surface area contributed by atoms with Crippen molar-refractivity contribution in [3.63, 3.8) is 0 Å². The van der Waals surface area contributed by atoms with E-state index in [4.69, 9.17) is 20.4 Å². The topological polar surface area (TPSA) is 80.9 Å². The molecule has 0 aliphatic heterocycles. The van der Waals surface area contributed by atoms with E-state index in [2.05, 4.69) is 27.7 Å². The van der Waals surface area contributed by atoms with E-state index in [1.165, 1.54) is 0 Å². The van der Waals surface area contributed by atoms with E-state index in [1.54, 1.807) is 0 Å². The van der Waals surface area contributed by atoms with E-state index < -0.39 is 0 Å². The first-order chi connectivity index (χ1) is 13.2. The largest absolute Gasteiger partial charge is 0.393 e. The van der Waals surface area contributed by atoms with Gasteiger partial charge in [-0.3, -0.25) is 0 Å². The molecule has 4 atom stereocenters. The van der Waals surface area contributed by atoms with Gasteiger partial charge in [0.2, 0.25) is 0 Å². The molecule has 0 spiro atoms. The fraction of sp³-hybridized carbons (Fsp3) is 1.00. The fourth-order valence-electron chi connectivity index (χ4n) is 2.15. The maximum Gasteiger partial charge on any atom is 0.0537 e. The third kappa shape index (κ3) is 47.7. The number of hydrogen-bond donors (Lipinski definition) is 4. The van der Waals surface area contributed by atoms with Gasteiger partial charge in [0.15, 0.2) is 0 Å². The zero-order valence-corrected chi connectivity index (χ0v) is 22.6.